The van der Waals surface area contributed by atoms with Crippen LogP contribution in [0.5, 0.6) is 0 Å². The van der Waals surface area contributed by atoms with Crippen LogP contribution in [0.3, 0.4) is 0 Å². The maximum absolute atomic E-state index is 13.5. The highest BCUT2D eigenvalue weighted by Gasteiger charge is 2.11. The minimum absolute atomic E-state index is 0.0191. The van der Waals surface area contributed by atoms with Gasteiger partial charge in [-0.25, -0.2) is 13.8 Å². The van der Waals surface area contributed by atoms with Gasteiger partial charge in [0.15, 0.2) is 5.82 Å². The van der Waals surface area contributed by atoms with Gasteiger partial charge in [-0.05, 0) is 36.4 Å². The standard InChI is InChI=1S/C16H11ClF2N4OS/c17-10-3-1-9(2-4-10)15-21-16(23-22-15)25-8-14(24)20-13-6-5-11(18)7-12(13)19/h1-7H,8H2,(H,20,24)(H,21,22,23). The van der Waals surface area contributed by atoms with Crippen LogP contribution in [-0.2, 0) is 4.79 Å². The average Bonchev–Trinajstić information content (AvgIpc) is 3.05. The van der Waals surface area contributed by atoms with Gasteiger partial charge in [0.2, 0.25) is 11.1 Å². The van der Waals surface area contributed by atoms with Crippen molar-refractivity contribution < 1.29 is 13.6 Å². The normalized spacial score (nSPS) is 10.7. The van der Waals surface area contributed by atoms with Gasteiger partial charge in [0.05, 0.1) is 11.4 Å². The summed E-state index contributed by atoms with van der Waals surface area (Å²) < 4.78 is 26.3. The lowest BCUT2D eigenvalue weighted by molar-refractivity contribution is -0.113. The summed E-state index contributed by atoms with van der Waals surface area (Å²) in [6.07, 6.45) is 0. The second-order valence-corrected chi connectivity index (χ2v) is 6.31. The van der Waals surface area contributed by atoms with Crippen molar-refractivity contribution in [2.75, 3.05) is 11.1 Å². The third kappa shape index (κ3) is 4.55. The molecule has 3 aromatic rings. The summed E-state index contributed by atoms with van der Waals surface area (Å²) in [7, 11) is 0. The zero-order chi connectivity index (χ0) is 17.8. The number of anilines is 1. The summed E-state index contributed by atoms with van der Waals surface area (Å²) in [6.45, 7) is 0. The predicted molar refractivity (Wildman–Crippen MR) is 92.5 cm³/mol. The topological polar surface area (TPSA) is 70.7 Å². The van der Waals surface area contributed by atoms with Gasteiger partial charge >= 0.3 is 0 Å². The van der Waals surface area contributed by atoms with Crippen LogP contribution in [0.15, 0.2) is 47.6 Å². The van der Waals surface area contributed by atoms with Crippen molar-refractivity contribution in [2.24, 2.45) is 0 Å². The van der Waals surface area contributed by atoms with E-state index in [4.69, 9.17) is 11.6 Å². The van der Waals surface area contributed by atoms with E-state index >= 15 is 0 Å². The molecule has 0 saturated carbocycles. The highest BCUT2D eigenvalue weighted by Crippen LogP contribution is 2.21. The van der Waals surface area contributed by atoms with Gasteiger partial charge in [-0.2, -0.15) is 0 Å². The van der Waals surface area contributed by atoms with Gasteiger partial charge in [-0.15, -0.1) is 5.10 Å². The Hall–Kier alpha value is -2.45. The Bertz CT molecular complexity index is 901. The fraction of sp³-hybridized carbons (Fsp3) is 0.0625. The first-order chi connectivity index (χ1) is 12.0. The number of halogens is 3. The molecule has 3 rings (SSSR count). The number of amides is 1. The molecule has 0 unspecified atom stereocenters. The summed E-state index contributed by atoms with van der Waals surface area (Å²) in [5.41, 5.74) is 0.727. The average molecular weight is 381 g/mol. The van der Waals surface area contributed by atoms with E-state index in [1.807, 2.05) is 0 Å². The van der Waals surface area contributed by atoms with Gasteiger partial charge in [-0.3, -0.25) is 9.89 Å². The Kier molecular flexibility index (Phi) is 5.30. The number of hydrogen-bond donors (Lipinski definition) is 2. The van der Waals surface area contributed by atoms with Crippen molar-refractivity contribution in [3.63, 3.8) is 0 Å². The van der Waals surface area contributed by atoms with E-state index in [-0.39, 0.29) is 11.4 Å². The number of nitrogens with zero attached hydrogens (tertiary/aromatic N) is 2. The summed E-state index contributed by atoms with van der Waals surface area (Å²) in [6, 6.07) is 9.99. The maximum atomic E-state index is 13.5. The molecule has 1 heterocycles. The molecular weight excluding hydrogens is 370 g/mol. The molecule has 5 nitrogen and oxygen atoms in total. The van der Waals surface area contributed by atoms with E-state index in [0.717, 1.165) is 23.4 Å². The van der Waals surface area contributed by atoms with Gasteiger partial charge < -0.3 is 5.32 Å². The number of benzene rings is 2. The minimum atomic E-state index is -0.832. The molecular formula is C16H11ClF2N4OS. The Morgan fingerprint density at radius 3 is 2.68 bits per heavy atom. The highest BCUT2D eigenvalue weighted by molar-refractivity contribution is 7.99. The number of carbonyl (C=O) groups is 1. The van der Waals surface area contributed by atoms with Gasteiger partial charge in [0.1, 0.15) is 11.6 Å². The van der Waals surface area contributed by atoms with Crippen molar-refractivity contribution in [1.29, 1.82) is 0 Å². The fourth-order valence-electron chi connectivity index (χ4n) is 1.96. The molecule has 0 atom stereocenters. The molecule has 0 fully saturated rings. The van der Waals surface area contributed by atoms with Crippen LogP contribution < -0.4 is 5.32 Å². The quantitative estimate of drug-likeness (QED) is 0.653. The molecule has 2 aromatic carbocycles. The maximum Gasteiger partial charge on any atom is 0.234 e. The van der Waals surface area contributed by atoms with Crippen LogP contribution in [-0.4, -0.2) is 26.8 Å². The van der Waals surface area contributed by atoms with Crippen molar-refractivity contribution >= 4 is 35.0 Å². The number of aromatic amines is 1. The molecule has 128 valence electrons. The number of H-pyrrole nitrogens is 1. The Morgan fingerprint density at radius 2 is 1.96 bits per heavy atom. The smallest absolute Gasteiger partial charge is 0.234 e. The van der Waals surface area contributed by atoms with Crippen LogP contribution >= 0.6 is 23.4 Å². The molecule has 1 amide bonds. The number of nitrogens with one attached hydrogen (secondary N) is 2. The van der Waals surface area contributed by atoms with E-state index in [1.54, 1.807) is 24.3 Å². The predicted octanol–water partition coefficient (Wildman–Crippen LogP) is 4.13. The van der Waals surface area contributed by atoms with E-state index < -0.39 is 17.5 Å². The first kappa shape index (κ1) is 17.4. The highest BCUT2D eigenvalue weighted by atomic mass is 35.5. The number of rotatable bonds is 5. The lowest BCUT2D eigenvalue weighted by Crippen LogP contribution is -2.15. The van der Waals surface area contributed by atoms with E-state index in [9.17, 15) is 13.6 Å². The molecule has 25 heavy (non-hydrogen) atoms. The molecule has 2 N–H and O–H groups in total. The molecule has 0 saturated heterocycles. The van der Waals surface area contributed by atoms with Crippen LogP contribution in [0.4, 0.5) is 14.5 Å². The van der Waals surface area contributed by atoms with Crippen molar-refractivity contribution in [3.8, 4) is 11.4 Å². The molecule has 0 spiro atoms. The van der Waals surface area contributed by atoms with E-state index in [0.29, 0.717) is 22.1 Å². The van der Waals surface area contributed by atoms with Gasteiger partial charge in [-0.1, -0.05) is 23.4 Å². The molecule has 9 heteroatoms. The van der Waals surface area contributed by atoms with Crippen LogP contribution in [0.2, 0.25) is 5.02 Å². The summed E-state index contributed by atoms with van der Waals surface area (Å²) >= 11 is 6.92. The number of carbonyl (C=O) groups excluding carboxylic acids is 1. The molecule has 0 aliphatic heterocycles. The van der Waals surface area contributed by atoms with Crippen molar-refractivity contribution in [1.82, 2.24) is 15.2 Å². The number of aromatic nitrogens is 3. The third-order valence-electron chi connectivity index (χ3n) is 3.12. The minimum Gasteiger partial charge on any atom is -0.323 e. The summed E-state index contributed by atoms with van der Waals surface area (Å²) in [5.74, 6) is -1.46. The Labute approximate surface area is 150 Å². The number of hydrogen-bond acceptors (Lipinski definition) is 4. The Balaban J connectivity index is 1.58. The van der Waals surface area contributed by atoms with E-state index in [2.05, 4.69) is 20.5 Å². The molecule has 0 aliphatic carbocycles. The summed E-state index contributed by atoms with van der Waals surface area (Å²) in [5, 5.41) is 10.1. The second-order valence-electron chi connectivity index (χ2n) is 4.93. The van der Waals surface area contributed by atoms with Crippen LogP contribution in [0.1, 0.15) is 0 Å². The van der Waals surface area contributed by atoms with Crippen LogP contribution in [0, 0.1) is 11.6 Å². The zero-order valence-electron chi connectivity index (χ0n) is 12.6. The SMILES string of the molecule is O=C(CSc1n[nH]c(-c2ccc(Cl)cc2)n1)Nc1ccc(F)cc1F. The lowest BCUT2D eigenvalue weighted by atomic mass is 10.2. The fourth-order valence-corrected chi connectivity index (χ4v) is 2.68. The molecule has 0 bridgehead atoms. The summed E-state index contributed by atoms with van der Waals surface area (Å²) in [4.78, 5) is 16.1. The zero-order valence-corrected chi connectivity index (χ0v) is 14.2. The van der Waals surface area contributed by atoms with Crippen LogP contribution in [0.25, 0.3) is 11.4 Å². The first-order valence-corrected chi connectivity index (χ1v) is 8.43. The Morgan fingerprint density at radius 1 is 1.20 bits per heavy atom. The molecule has 0 aliphatic rings. The molecule has 0 radical (unpaired) electrons. The number of thioether (sulfide) groups is 1. The van der Waals surface area contributed by atoms with Crippen molar-refractivity contribution in [3.05, 3.63) is 59.1 Å². The van der Waals surface area contributed by atoms with Crippen molar-refractivity contribution in [2.45, 2.75) is 5.16 Å². The van der Waals surface area contributed by atoms with Gasteiger partial charge in [0.25, 0.3) is 0 Å². The van der Waals surface area contributed by atoms with Gasteiger partial charge in [0, 0.05) is 16.7 Å². The third-order valence-corrected chi connectivity index (χ3v) is 4.22. The lowest BCUT2D eigenvalue weighted by Gasteiger charge is -2.05. The van der Waals surface area contributed by atoms with E-state index in [1.165, 1.54) is 6.07 Å². The first-order valence-electron chi connectivity index (χ1n) is 7.07. The second kappa shape index (κ2) is 7.62. The largest absolute Gasteiger partial charge is 0.323 e. The molecule has 1 aromatic heterocycles. The monoisotopic (exact) mass is 380 g/mol.